The Hall–Kier alpha value is -2.63. The van der Waals surface area contributed by atoms with Crippen molar-refractivity contribution in [2.75, 3.05) is 5.32 Å². The Bertz CT molecular complexity index is 660. The highest BCUT2D eigenvalue weighted by atomic mass is 16.4. The molecule has 1 amide bonds. The molecule has 0 spiro atoms. The van der Waals surface area contributed by atoms with Gasteiger partial charge in [0, 0.05) is 5.69 Å². The zero-order valence-corrected chi connectivity index (χ0v) is 9.23. The fourth-order valence-electron chi connectivity index (χ4n) is 1.97. The number of H-pyrrole nitrogens is 1. The summed E-state index contributed by atoms with van der Waals surface area (Å²) >= 11 is 0. The molecule has 1 aromatic heterocycles. The molecule has 6 heteroatoms. The van der Waals surface area contributed by atoms with Gasteiger partial charge >= 0.3 is 5.97 Å². The number of carboxylic acid groups (broad SMARTS) is 1. The van der Waals surface area contributed by atoms with E-state index in [-0.39, 0.29) is 11.7 Å². The van der Waals surface area contributed by atoms with Gasteiger partial charge in [-0.05, 0) is 23.3 Å². The third-order valence-corrected chi connectivity index (χ3v) is 2.82. The van der Waals surface area contributed by atoms with Crippen LogP contribution < -0.4 is 5.32 Å². The summed E-state index contributed by atoms with van der Waals surface area (Å²) in [5, 5.41) is 11.5. The number of aromatic amines is 1. The van der Waals surface area contributed by atoms with E-state index < -0.39 is 5.97 Å². The number of benzene rings is 1. The van der Waals surface area contributed by atoms with Crippen molar-refractivity contribution in [2.45, 2.75) is 6.42 Å². The van der Waals surface area contributed by atoms with Gasteiger partial charge in [-0.2, -0.15) is 0 Å². The van der Waals surface area contributed by atoms with E-state index in [1.807, 2.05) is 12.1 Å². The first kappa shape index (κ1) is 10.5. The van der Waals surface area contributed by atoms with Crippen LogP contribution >= 0.6 is 0 Å². The summed E-state index contributed by atoms with van der Waals surface area (Å²) in [5.74, 6) is -1.23. The Morgan fingerprint density at radius 3 is 2.94 bits per heavy atom. The van der Waals surface area contributed by atoms with Gasteiger partial charge in [-0.3, -0.25) is 4.79 Å². The highest BCUT2D eigenvalue weighted by Gasteiger charge is 2.18. The maximum absolute atomic E-state index is 11.2. The first-order valence-electron chi connectivity index (χ1n) is 5.35. The van der Waals surface area contributed by atoms with Gasteiger partial charge in [-0.15, -0.1) is 0 Å². The molecular weight excluding hydrogens is 234 g/mol. The van der Waals surface area contributed by atoms with Crippen LogP contribution in [0.15, 0.2) is 24.4 Å². The van der Waals surface area contributed by atoms with Crippen molar-refractivity contribution >= 4 is 17.6 Å². The number of imidazole rings is 1. The molecule has 0 saturated heterocycles. The minimum absolute atomic E-state index is 0.0296. The molecule has 3 rings (SSSR count). The molecule has 6 nitrogen and oxygen atoms in total. The summed E-state index contributed by atoms with van der Waals surface area (Å²) < 4.78 is 0. The minimum Gasteiger partial charge on any atom is -0.475 e. The van der Waals surface area contributed by atoms with E-state index >= 15 is 0 Å². The fraction of sp³-hybridized carbons (Fsp3) is 0.0833. The molecule has 1 aromatic carbocycles. The summed E-state index contributed by atoms with van der Waals surface area (Å²) in [5.41, 5.74) is 3.14. The van der Waals surface area contributed by atoms with Crippen molar-refractivity contribution in [3.63, 3.8) is 0 Å². The molecular formula is C12H9N3O3. The number of fused-ring (bicyclic) bond motifs is 1. The number of aromatic carboxylic acids is 1. The Labute approximate surface area is 102 Å². The number of rotatable bonds is 2. The Balaban J connectivity index is 2.00. The molecule has 0 bridgehead atoms. The first-order chi connectivity index (χ1) is 8.63. The summed E-state index contributed by atoms with van der Waals surface area (Å²) in [6.45, 7) is 0. The largest absolute Gasteiger partial charge is 0.475 e. The van der Waals surface area contributed by atoms with E-state index in [0.717, 1.165) is 16.8 Å². The molecule has 0 fully saturated rings. The van der Waals surface area contributed by atoms with Gasteiger partial charge in [0.05, 0.1) is 18.3 Å². The predicted octanol–water partition coefficient (Wildman–Crippen LogP) is 1.27. The molecule has 18 heavy (non-hydrogen) atoms. The van der Waals surface area contributed by atoms with Crippen LogP contribution in [0.2, 0.25) is 0 Å². The number of carboxylic acids is 1. The zero-order valence-electron chi connectivity index (χ0n) is 9.23. The standard InChI is InChI=1S/C12H9N3O3/c16-10-4-7-3-6(1-2-8(7)14-10)9-5-13-11(15-9)12(17)18/h1-3,5H,4H2,(H,13,15)(H,14,16)(H,17,18). The smallest absolute Gasteiger partial charge is 0.371 e. The molecule has 2 heterocycles. The Morgan fingerprint density at radius 2 is 2.22 bits per heavy atom. The number of nitrogens with zero attached hydrogens (tertiary/aromatic N) is 1. The predicted molar refractivity (Wildman–Crippen MR) is 63.3 cm³/mol. The van der Waals surface area contributed by atoms with Crippen LogP contribution in [0.3, 0.4) is 0 Å². The van der Waals surface area contributed by atoms with Crippen molar-refractivity contribution in [1.82, 2.24) is 9.97 Å². The van der Waals surface area contributed by atoms with Gasteiger partial charge in [0.2, 0.25) is 11.7 Å². The average molecular weight is 243 g/mol. The number of amides is 1. The Kier molecular flexibility index (Phi) is 2.16. The van der Waals surface area contributed by atoms with Crippen molar-refractivity contribution < 1.29 is 14.7 Å². The lowest BCUT2D eigenvalue weighted by atomic mass is 10.1. The van der Waals surface area contributed by atoms with Crippen LogP contribution in [-0.4, -0.2) is 27.0 Å². The Morgan fingerprint density at radius 1 is 1.39 bits per heavy atom. The minimum atomic E-state index is -1.10. The van der Waals surface area contributed by atoms with Gasteiger partial charge in [0.1, 0.15) is 0 Å². The lowest BCUT2D eigenvalue weighted by Crippen LogP contribution is -2.03. The van der Waals surface area contributed by atoms with Gasteiger partial charge in [-0.1, -0.05) is 6.07 Å². The number of hydrogen-bond acceptors (Lipinski definition) is 3. The van der Waals surface area contributed by atoms with E-state index in [1.165, 1.54) is 6.20 Å². The maximum Gasteiger partial charge on any atom is 0.371 e. The van der Waals surface area contributed by atoms with Gasteiger partial charge in [-0.25, -0.2) is 9.78 Å². The summed E-state index contributed by atoms with van der Waals surface area (Å²) in [6.07, 6.45) is 1.82. The normalized spacial score (nSPS) is 13.2. The lowest BCUT2D eigenvalue weighted by Gasteiger charge is -2.01. The lowest BCUT2D eigenvalue weighted by molar-refractivity contribution is -0.115. The topological polar surface area (TPSA) is 95.1 Å². The van der Waals surface area contributed by atoms with E-state index in [2.05, 4.69) is 15.3 Å². The van der Waals surface area contributed by atoms with Gasteiger partial charge in [0.15, 0.2) is 0 Å². The number of carbonyl (C=O) groups excluding carboxylic acids is 1. The highest BCUT2D eigenvalue weighted by Crippen LogP contribution is 2.28. The van der Waals surface area contributed by atoms with E-state index in [9.17, 15) is 9.59 Å². The van der Waals surface area contributed by atoms with Gasteiger partial charge in [0.25, 0.3) is 0 Å². The summed E-state index contributed by atoms with van der Waals surface area (Å²) in [6, 6.07) is 5.47. The van der Waals surface area contributed by atoms with Crippen LogP contribution in [0.4, 0.5) is 5.69 Å². The highest BCUT2D eigenvalue weighted by molar-refractivity contribution is 5.99. The molecule has 0 saturated carbocycles. The molecule has 0 unspecified atom stereocenters. The van der Waals surface area contributed by atoms with Crippen LogP contribution in [0, 0.1) is 0 Å². The van der Waals surface area contributed by atoms with Crippen molar-refractivity contribution in [3.8, 4) is 11.3 Å². The number of nitrogens with one attached hydrogen (secondary N) is 2. The maximum atomic E-state index is 11.2. The van der Waals surface area contributed by atoms with Crippen molar-refractivity contribution in [3.05, 3.63) is 35.8 Å². The third kappa shape index (κ3) is 1.64. The number of carbonyl (C=O) groups is 2. The van der Waals surface area contributed by atoms with Crippen LogP contribution in [0.1, 0.15) is 16.2 Å². The molecule has 1 aliphatic rings. The third-order valence-electron chi connectivity index (χ3n) is 2.82. The van der Waals surface area contributed by atoms with Crippen molar-refractivity contribution in [1.29, 1.82) is 0 Å². The van der Waals surface area contributed by atoms with Crippen molar-refractivity contribution in [2.24, 2.45) is 0 Å². The summed E-state index contributed by atoms with van der Waals surface area (Å²) in [7, 11) is 0. The number of hydrogen-bond donors (Lipinski definition) is 3. The average Bonchev–Trinajstić information content (AvgIpc) is 2.91. The molecule has 1 aliphatic heterocycles. The fourth-order valence-corrected chi connectivity index (χ4v) is 1.97. The van der Waals surface area contributed by atoms with E-state index in [0.29, 0.717) is 12.1 Å². The van der Waals surface area contributed by atoms with E-state index in [1.54, 1.807) is 6.07 Å². The SMILES string of the molecule is O=C1Cc2cc(-c3cnc(C(=O)O)[nH]3)ccc2N1. The molecule has 2 aromatic rings. The molecule has 0 atom stereocenters. The van der Waals surface area contributed by atoms with Crippen LogP contribution in [0.25, 0.3) is 11.3 Å². The first-order valence-corrected chi connectivity index (χ1v) is 5.35. The van der Waals surface area contributed by atoms with Gasteiger partial charge < -0.3 is 15.4 Å². The number of anilines is 1. The molecule has 0 aliphatic carbocycles. The monoisotopic (exact) mass is 243 g/mol. The van der Waals surface area contributed by atoms with Crippen LogP contribution in [0.5, 0.6) is 0 Å². The summed E-state index contributed by atoms with van der Waals surface area (Å²) in [4.78, 5) is 28.4. The number of aromatic nitrogens is 2. The molecule has 3 N–H and O–H groups in total. The van der Waals surface area contributed by atoms with E-state index in [4.69, 9.17) is 5.11 Å². The second-order valence-electron chi connectivity index (χ2n) is 4.05. The zero-order chi connectivity index (χ0) is 12.7. The second-order valence-corrected chi connectivity index (χ2v) is 4.05. The molecule has 90 valence electrons. The molecule has 0 radical (unpaired) electrons. The second kappa shape index (κ2) is 3.69. The quantitative estimate of drug-likeness (QED) is 0.740. The van der Waals surface area contributed by atoms with Crippen LogP contribution in [-0.2, 0) is 11.2 Å².